The third kappa shape index (κ3) is 4.59. The van der Waals surface area contributed by atoms with Gasteiger partial charge >= 0.3 is 0 Å². The molecule has 128 valence electrons. The first kappa shape index (κ1) is 18.5. The van der Waals surface area contributed by atoms with Crippen LogP contribution in [0.25, 0.3) is 0 Å². The molecule has 2 fully saturated rings. The number of guanidine groups is 1. The molecule has 0 saturated carbocycles. The zero-order chi connectivity index (χ0) is 15.5. The van der Waals surface area contributed by atoms with Gasteiger partial charge in [0.15, 0.2) is 5.96 Å². The SMILES string of the molecule is CN=C(NCCc1ccc(C)cc1C)NC1CC2CCC1O2.I. The predicted octanol–water partition coefficient (Wildman–Crippen LogP) is 2.95. The minimum atomic E-state index is 0. The van der Waals surface area contributed by atoms with E-state index >= 15 is 0 Å². The first-order valence-corrected chi connectivity index (χ1v) is 8.34. The Morgan fingerprint density at radius 1 is 1.30 bits per heavy atom. The number of nitrogens with zero attached hydrogens (tertiary/aromatic N) is 1. The molecule has 1 aromatic carbocycles. The Hall–Kier alpha value is -0.820. The highest BCUT2D eigenvalue weighted by Gasteiger charge is 2.41. The van der Waals surface area contributed by atoms with E-state index in [9.17, 15) is 0 Å². The Morgan fingerprint density at radius 3 is 2.74 bits per heavy atom. The maximum Gasteiger partial charge on any atom is 0.191 e. The van der Waals surface area contributed by atoms with Gasteiger partial charge in [-0.15, -0.1) is 24.0 Å². The van der Waals surface area contributed by atoms with Crippen molar-refractivity contribution >= 4 is 29.9 Å². The third-order valence-corrected chi connectivity index (χ3v) is 4.84. The van der Waals surface area contributed by atoms with Crippen molar-refractivity contribution < 1.29 is 4.74 Å². The monoisotopic (exact) mass is 429 g/mol. The van der Waals surface area contributed by atoms with E-state index in [1.165, 1.54) is 29.5 Å². The van der Waals surface area contributed by atoms with Crippen LogP contribution >= 0.6 is 24.0 Å². The van der Waals surface area contributed by atoms with Gasteiger partial charge in [-0.2, -0.15) is 0 Å². The Balaban J connectivity index is 0.00000192. The van der Waals surface area contributed by atoms with Gasteiger partial charge < -0.3 is 15.4 Å². The number of halogens is 1. The van der Waals surface area contributed by atoms with Gasteiger partial charge in [0, 0.05) is 13.6 Å². The molecule has 2 saturated heterocycles. The van der Waals surface area contributed by atoms with Gasteiger partial charge in [-0.1, -0.05) is 23.8 Å². The van der Waals surface area contributed by atoms with Crippen LogP contribution in [0.15, 0.2) is 23.2 Å². The summed E-state index contributed by atoms with van der Waals surface area (Å²) < 4.78 is 5.89. The Morgan fingerprint density at radius 2 is 2.13 bits per heavy atom. The summed E-state index contributed by atoms with van der Waals surface area (Å²) in [6.45, 7) is 5.21. The number of rotatable bonds is 4. The molecule has 3 unspecified atom stereocenters. The average molecular weight is 429 g/mol. The lowest BCUT2D eigenvalue weighted by molar-refractivity contribution is 0.0992. The van der Waals surface area contributed by atoms with Crippen LogP contribution in [0.1, 0.15) is 36.0 Å². The topological polar surface area (TPSA) is 45.7 Å². The number of ether oxygens (including phenoxy) is 1. The molecule has 5 heteroatoms. The molecule has 0 aromatic heterocycles. The minimum absolute atomic E-state index is 0. The summed E-state index contributed by atoms with van der Waals surface area (Å²) >= 11 is 0. The molecule has 0 aliphatic carbocycles. The Labute approximate surface area is 156 Å². The predicted molar refractivity (Wildman–Crippen MR) is 106 cm³/mol. The Bertz CT molecular complexity index is 561. The van der Waals surface area contributed by atoms with Gasteiger partial charge in [0.2, 0.25) is 0 Å². The van der Waals surface area contributed by atoms with Crippen LogP contribution in [-0.2, 0) is 11.2 Å². The molecule has 3 rings (SSSR count). The van der Waals surface area contributed by atoms with E-state index in [-0.39, 0.29) is 24.0 Å². The van der Waals surface area contributed by atoms with Crippen LogP contribution in [-0.4, -0.2) is 37.8 Å². The molecule has 23 heavy (non-hydrogen) atoms. The average Bonchev–Trinajstić information content (AvgIpc) is 3.11. The summed E-state index contributed by atoms with van der Waals surface area (Å²) in [4.78, 5) is 4.34. The molecule has 2 aliphatic heterocycles. The summed E-state index contributed by atoms with van der Waals surface area (Å²) in [6.07, 6.45) is 5.38. The normalized spacial score (nSPS) is 26.0. The van der Waals surface area contributed by atoms with E-state index in [1.54, 1.807) is 0 Å². The van der Waals surface area contributed by atoms with Crippen molar-refractivity contribution in [3.8, 4) is 0 Å². The zero-order valence-electron chi connectivity index (χ0n) is 14.3. The lowest BCUT2D eigenvalue weighted by atomic mass is 9.96. The van der Waals surface area contributed by atoms with E-state index in [2.05, 4.69) is 47.7 Å². The van der Waals surface area contributed by atoms with Crippen LogP contribution in [0.4, 0.5) is 0 Å². The van der Waals surface area contributed by atoms with Crippen molar-refractivity contribution in [1.82, 2.24) is 10.6 Å². The standard InChI is InChI=1S/C18H27N3O.HI/c1-12-4-5-14(13(2)10-12)8-9-20-18(19-3)21-16-11-15-6-7-17(16)22-15;/h4-5,10,15-17H,6-9,11H2,1-3H3,(H2,19,20,21);1H. The van der Waals surface area contributed by atoms with Crippen LogP contribution in [0, 0.1) is 13.8 Å². The highest BCUT2D eigenvalue weighted by Crippen LogP contribution is 2.34. The number of benzene rings is 1. The van der Waals surface area contributed by atoms with Crippen LogP contribution in [0.3, 0.4) is 0 Å². The van der Waals surface area contributed by atoms with E-state index in [0.717, 1.165) is 25.3 Å². The van der Waals surface area contributed by atoms with Gasteiger partial charge in [0.05, 0.1) is 18.2 Å². The minimum Gasteiger partial charge on any atom is -0.373 e. The first-order chi connectivity index (χ1) is 10.7. The maximum absolute atomic E-state index is 5.89. The molecule has 4 nitrogen and oxygen atoms in total. The smallest absolute Gasteiger partial charge is 0.191 e. The van der Waals surface area contributed by atoms with E-state index in [4.69, 9.17) is 4.74 Å². The molecule has 2 heterocycles. The molecule has 2 N–H and O–H groups in total. The number of hydrogen-bond donors (Lipinski definition) is 2. The second-order valence-corrected chi connectivity index (χ2v) is 6.54. The number of hydrogen-bond acceptors (Lipinski definition) is 2. The van der Waals surface area contributed by atoms with Crippen molar-refractivity contribution in [3.63, 3.8) is 0 Å². The van der Waals surface area contributed by atoms with Gasteiger partial charge in [0.25, 0.3) is 0 Å². The van der Waals surface area contributed by atoms with Crippen LogP contribution in [0.5, 0.6) is 0 Å². The summed E-state index contributed by atoms with van der Waals surface area (Å²) in [5, 5.41) is 6.95. The molecule has 0 radical (unpaired) electrons. The van der Waals surface area contributed by atoms with Gasteiger partial charge in [-0.05, 0) is 50.7 Å². The van der Waals surface area contributed by atoms with Crippen molar-refractivity contribution in [3.05, 3.63) is 34.9 Å². The highest BCUT2D eigenvalue weighted by molar-refractivity contribution is 14.0. The van der Waals surface area contributed by atoms with Crippen molar-refractivity contribution in [2.45, 2.75) is 57.8 Å². The summed E-state index contributed by atoms with van der Waals surface area (Å²) in [5.74, 6) is 0.894. The summed E-state index contributed by atoms with van der Waals surface area (Å²) in [7, 11) is 1.83. The molecule has 2 aliphatic rings. The maximum atomic E-state index is 5.89. The van der Waals surface area contributed by atoms with Crippen molar-refractivity contribution in [1.29, 1.82) is 0 Å². The highest BCUT2D eigenvalue weighted by atomic mass is 127. The van der Waals surface area contributed by atoms with E-state index < -0.39 is 0 Å². The molecule has 2 bridgehead atoms. The lowest BCUT2D eigenvalue weighted by Gasteiger charge is -2.22. The number of aliphatic imine (C=N–C) groups is 1. The van der Waals surface area contributed by atoms with Crippen LogP contribution < -0.4 is 10.6 Å². The molecular formula is C18H28IN3O. The van der Waals surface area contributed by atoms with Crippen LogP contribution in [0.2, 0.25) is 0 Å². The fraction of sp³-hybridized carbons (Fsp3) is 0.611. The number of nitrogens with one attached hydrogen (secondary N) is 2. The second-order valence-electron chi connectivity index (χ2n) is 6.54. The van der Waals surface area contributed by atoms with Crippen molar-refractivity contribution in [2.24, 2.45) is 4.99 Å². The van der Waals surface area contributed by atoms with Gasteiger partial charge in [-0.3, -0.25) is 4.99 Å². The fourth-order valence-corrected chi connectivity index (χ4v) is 3.60. The molecule has 0 spiro atoms. The van der Waals surface area contributed by atoms with E-state index in [0.29, 0.717) is 18.2 Å². The zero-order valence-corrected chi connectivity index (χ0v) is 16.6. The molecular weight excluding hydrogens is 401 g/mol. The fourth-order valence-electron chi connectivity index (χ4n) is 3.60. The lowest BCUT2D eigenvalue weighted by Crippen LogP contribution is -2.47. The van der Waals surface area contributed by atoms with Crippen molar-refractivity contribution in [2.75, 3.05) is 13.6 Å². The molecule has 0 amide bonds. The first-order valence-electron chi connectivity index (χ1n) is 8.34. The second kappa shape index (κ2) is 8.33. The summed E-state index contributed by atoms with van der Waals surface area (Å²) in [5.41, 5.74) is 4.09. The molecule has 3 atom stereocenters. The Kier molecular flexibility index (Phi) is 6.71. The third-order valence-electron chi connectivity index (χ3n) is 4.84. The summed E-state index contributed by atoms with van der Waals surface area (Å²) in [6, 6.07) is 7.08. The van der Waals surface area contributed by atoms with Gasteiger partial charge in [-0.25, -0.2) is 0 Å². The van der Waals surface area contributed by atoms with Gasteiger partial charge in [0.1, 0.15) is 0 Å². The number of fused-ring (bicyclic) bond motifs is 2. The largest absolute Gasteiger partial charge is 0.373 e. The number of aryl methyl sites for hydroxylation is 2. The van der Waals surface area contributed by atoms with E-state index in [1.807, 2.05) is 7.05 Å². The molecule has 1 aromatic rings. The quantitative estimate of drug-likeness (QED) is 0.440.